The van der Waals surface area contributed by atoms with Crippen LogP contribution in [0, 0.1) is 27.2 Å². The molecule has 0 aromatic heterocycles. The van der Waals surface area contributed by atoms with E-state index in [4.69, 9.17) is 9.47 Å². The second kappa shape index (κ2) is 11.6. The highest BCUT2D eigenvalue weighted by Crippen LogP contribution is 2.32. The SMILES string of the molecule is Cc1ccc(OCCN2C(=O)S/C(=C\c3ccc(OC(=O)c4cc([N+](=O)[O-])cc([N+](=O)[O-])c4)cc3)C2=O)cc1. The molecule has 4 rings (SSSR count). The maximum absolute atomic E-state index is 12.7. The van der Waals surface area contributed by atoms with Gasteiger partial charge in [0.05, 0.1) is 32.9 Å². The fourth-order valence-electron chi connectivity index (χ4n) is 3.46. The van der Waals surface area contributed by atoms with Gasteiger partial charge in [0.1, 0.15) is 18.1 Å². The predicted molar refractivity (Wildman–Crippen MR) is 141 cm³/mol. The van der Waals surface area contributed by atoms with Crippen molar-refractivity contribution in [2.24, 2.45) is 0 Å². The van der Waals surface area contributed by atoms with Crippen molar-refractivity contribution in [2.45, 2.75) is 6.92 Å². The normalized spacial score (nSPS) is 14.0. The zero-order valence-electron chi connectivity index (χ0n) is 20.3. The molecule has 12 nitrogen and oxygen atoms in total. The number of imide groups is 1. The standard InChI is InChI=1S/C26H19N3O9S/c1-16-2-6-21(7-3-16)37-11-10-27-24(30)23(39-26(27)32)12-17-4-8-22(9-5-17)38-25(31)18-13-19(28(33)34)15-20(14-18)29(35)36/h2-9,12-15H,10-11H2,1H3/b23-12-. The van der Waals surface area contributed by atoms with Gasteiger partial charge in [0, 0.05) is 12.1 Å². The maximum Gasteiger partial charge on any atom is 0.344 e. The van der Waals surface area contributed by atoms with Gasteiger partial charge in [-0.25, -0.2) is 4.79 Å². The molecule has 0 spiro atoms. The molecule has 0 bridgehead atoms. The zero-order chi connectivity index (χ0) is 28.1. The van der Waals surface area contributed by atoms with Gasteiger partial charge in [-0.15, -0.1) is 0 Å². The number of hydrogen-bond donors (Lipinski definition) is 0. The third-order valence-corrected chi connectivity index (χ3v) is 6.33. The second-order valence-corrected chi connectivity index (χ2v) is 9.20. The van der Waals surface area contributed by atoms with Crippen LogP contribution in [0.1, 0.15) is 21.5 Å². The average molecular weight is 550 g/mol. The number of hydrogen-bond acceptors (Lipinski definition) is 10. The quantitative estimate of drug-likeness (QED) is 0.115. The number of amides is 2. The van der Waals surface area contributed by atoms with E-state index in [0.29, 0.717) is 11.3 Å². The summed E-state index contributed by atoms with van der Waals surface area (Å²) in [5, 5.41) is 21.7. The third-order valence-electron chi connectivity index (χ3n) is 5.43. The molecule has 2 amide bonds. The van der Waals surface area contributed by atoms with Crippen LogP contribution in [0.5, 0.6) is 11.5 Å². The average Bonchev–Trinajstić information content (AvgIpc) is 3.17. The number of carbonyl (C=O) groups is 3. The first-order valence-electron chi connectivity index (χ1n) is 11.3. The molecule has 0 N–H and O–H groups in total. The van der Waals surface area contributed by atoms with E-state index in [9.17, 15) is 34.6 Å². The summed E-state index contributed by atoms with van der Waals surface area (Å²) in [5.41, 5.74) is 0.0184. The minimum atomic E-state index is -1.02. The molecule has 0 saturated carbocycles. The lowest BCUT2D eigenvalue weighted by Gasteiger charge is -2.13. The van der Waals surface area contributed by atoms with Gasteiger partial charge in [0.2, 0.25) is 0 Å². The Kier molecular flexibility index (Phi) is 8.01. The van der Waals surface area contributed by atoms with E-state index in [-0.39, 0.29) is 29.4 Å². The number of non-ortho nitro benzene ring substituents is 2. The Morgan fingerprint density at radius 1 is 0.923 bits per heavy atom. The number of esters is 1. The van der Waals surface area contributed by atoms with Gasteiger partial charge < -0.3 is 9.47 Å². The Balaban J connectivity index is 1.39. The van der Waals surface area contributed by atoms with E-state index < -0.39 is 38.3 Å². The van der Waals surface area contributed by atoms with Gasteiger partial charge in [-0.1, -0.05) is 29.8 Å². The molecule has 0 unspecified atom stereocenters. The first-order valence-corrected chi connectivity index (χ1v) is 12.1. The second-order valence-electron chi connectivity index (χ2n) is 8.21. The fraction of sp³-hybridized carbons (Fsp3) is 0.115. The topological polar surface area (TPSA) is 159 Å². The summed E-state index contributed by atoms with van der Waals surface area (Å²) >= 11 is 0.792. The van der Waals surface area contributed by atoms with E-state index in [0.717, 1.165) is 40.4 Å². The lowest BCUT2D eigenvalue weighted by atomic mass is 10.1. The van der Waals surface area contributed by atoms with Crippen LogP contribution in [0.4, 0.5) is 16.2 Å². The van der Waals surface area contributed by atoms with Gasteiger partial charge in [-0.3, -0.25) is 34.7 Å². The van der Waals surface area contributed by atoms with E-state index in [1.165, 1.54) is 30.3 Å². The molecule has 1 saturated heterocycles. The van der Waals surface area contributed by atoms with E-state index in [1.54, 1.807) is 12.1 Å². The molecule has 198 valence electrons. The maximum atomic E-state index is 12.7. The van der Waals surface area contributed by atoms with E-state index in [1.807, 2.05) is 19.1 Å². The fourth-order valence-corrected chi connectivity index (χ4v) is 4.32. The van der Waals surface area contributed by atoms with Crippen molar-refractivity contribution in [1.82, 2.24) is 4.90 Å². The van der Waals surface area contributed by atoms with Crippen LogP contribution >= 0.6 is 11.8 Å². The highest BCUT2D eigenvalue weighted by atomic mass is 32.2. The van der Waals surface area contributed by atoms with Crippen molar-refractivity contribution in [2.75, 3.05) is 13.2 Å². The van der Waals surface area contributed by atoms with Crippen LogP contribution in [-0.2, 0) is 4.79 Å². The number of ether oxygens (including phenoxy) is 2. The van der Waals surface area contributed by atoms with Crippen molar-refractivity contribution < 1.29 is 33.7 Å². The molecule has 39 heavy (non-hydrogen) atoms. The summed E-state index contributed by atoms with van der Waals surface area (Å²) in [6, 6.07) is 15.8. The number of nitro benzene ring substituents is 2. The Hall–Kier alpha value is -5.04. The number of carbonyl (C=O) groups excluding carboxylic acids is 3. The molecule has 1 heterocycles. The van der Waals surface area contributed by atoms with Gasteiger partial charge in [0.15, 0.2) is 0 Å². The van der Waals surface area contributed by atoms with Crippen molar-refractivity contribution in [3.8, 4) is 11.5 Å². The predicted octanol–water partition coefficient (Wildman–Crippen LogP) is 5.15. The number of aryl methyl sites for hydroxylation is 1. The number of nitrogens with zero attached hydrogens (tertiary/aromatic N) is 3. The van der Waals surface area contributed by atoms with Crippen molar-refractivity contribution in [1.29, 1.82) is 0 Å². The van der Waals surface area contributed by atoms with Gasteiger partial charge >= 0.3 is 5.97 Å². The minimum Gasteiger partial charge on any atom is -0.492 e. The monoisotopic (exact) mass is 549 g/mol. The molecule has 0 aliphatic carbocycles. The van der Waals surface area contributed by atoms with Crippen LogP contribution in [0.25, 0.3) is 6.08 Å². The van der Waals surface area contributed by atoms with Crippen molar-refractivity contribution >= 4 is 46.3 Å². The van der Waals surface area contributed by atoms with Crippen molar-refractivity contribution in [3.05, 3.63) is 109 Å². The summed E-state index contributed by atoms with van der Waals surface area (Å²) in [5.74, 6) is -0.788. The molecular weight excluding hydrogens is 530 g/mol. The van der Waals surface area contributed by atoms with Gasteiger partial charge in [-0.05, 0) is 54.6 Å². The first-order chi connectivity index (χ1) is 18.6. The van der Waals surface area contributed by atoms with Crippen LogP contribution < -0.4 is 9.47 Å². The molecule has 1 aliphatic rings. The van der Waals surface area contributed by atoms with Gasteiger partial charge in [-0.2, -0.15) is 0 Å². The molecule has 0 atom stereocenters. The number of thioether (sulfide) groups is 1. The summed E-state index contributed by atoms with van der Waals surface area (Å²) < 4.78 is 10.8. The Bertz CT molecular complexity index is 1470. The first kappa shape index (κ1) is 27.0. The minimum absolute atomic E-state index is 0.0627. The third kappa shape index (κ3) is 6.64. The van der Waals surface area contributed by atoms with E-state index in [2.05, 4.69) is 0 Å². The Labute approximate surface area is 225 Å². The number of nitro groups is 2. The van der Waals surface area contributed by atoms with Crippen LogP contribution in [-0.4, -0.2) is 45.0 Å². The smallest absolute Gasteiger partial charge is 0.344 e. The molecule has 3 aromatic rings. The van der Waals surface area contributed by atoms with Crippen LogP contribution in [0.3, 0.4) is 0 Å². The Morgan fingerprint density at radius 3 is 2.10 bits per heavy atom. The summed E-state index contributed by atoms with van der Waals surface area (Å²) in [7, 11) is 0. The highest BCUT2D eigenvalue weighted by Gasteiger charge is 2.34. The van der Waals surface area contributed by atoms with Gasteiger partial charge in [0.25, 0.3) is 22.5 Å². The van der Waals surface area contributed by atoms with Crippen LogP contribution in [0.15, 0.2) is 71.6 Å². The summed E-state index contributed by atoms with van der Waals surface area (Å²) in [6.45, 7) is 2.18. The largest absolute Gasteiger partial charge is 0.492 e. The molecular formula is C26H19N3O9S. The highest BCUT2D eigenvalue weighted by molar-refractivity contribution is 8.18. The molecule has 1 fully saturated rings. The van der Waals surface area contributed by atoms with Crippen LogP contribution in [0.2, 0.25) is 0 Å². The zero-order valence-corrected chi connectivity index (χ0v) is 21.1. The Morgan fingerprint density at radius 2 is 1.51 bits per heavy atom. The van der Waals surface area contributed by atoms with E-state index >= 15 is 0 Å². The molecule has 0 radical (unpaired) electrons. The number of rotatable bonds is 9. The summed E-state index contributed by atoms with van der Waals surface area (Å²) in [6.07, 6.45) is 1.52. The lowest BCUT2D eigenvalue weighted by Crippen LogP contribution is -2.32. The molecule has 13 heteroatoms. The molecule has 1 aliphatic heterocycles. The van der Waals surface area contributed by atoms with Crippen molar-refractivity contribution in [3.63, 3.8) is 0 Å². The number of benzene rings is 3. The summed E-state index contributed by atoms with van der Waals surface area (Å²) in [4.78, 5) is 59.2. The molecule has 3 aromatic carbocycles. The lowest BCUT2D eigenvalue weighted by molar-refractivity contribution is -0.394.